The van der Waals surface area contributed by atoms with Crippen LogP contribution in [-0.4, -0.2) is 9.55 Å². The van der Waals surface area contributed by atoms with Gasteiger partial charge in [-0.25, -0.2) is 4.98 Å². The van der Waals surface area contributed by atoms with Gasteiger partial charge in [-0.15, -0.1) is 53.6 Å². The molecule has 8 rings (SSSR count). The summed E-state index contributed by atoms with van der Waals surface area (Å²) < 4.78 is 9.14. The fourth-order valence-corrected chi connectivity index (χ4v) is 8.11. The van der Waals surface area contributed by atoms with E-state index in [-0.39, 0.29) is 48.1 Å². The van der Waals surface area contributed by atoms with Gasteiger partial charge in [0.15, 0.2) is 0 Å². The van der Waals surface area contributed by atoms with E-state index in [4.69, 9.17) is 9.72 Å². The number of fused-ring (bicyclic) bond motifs is 4. The molecule has 0 saturated carbocycles. The molecule has 0 spiro atoms. The third-order valence-corrected chi connectivity index (χ3v) is 12.1. The Kier molecular flexibility index (Phi) is 11.5. The number of aromatic nitrogens is 2. The molecule has 0 fully saturated rings. The second kappa shape index (κ2) is 15.7. The van der Waals surface area contributed by atoms with Crippen molar-refractivity contribution in [3.63, 3.8) is 0 Å². The zero-order valence-corrected chi connectivity index (χ0v) is 41.7. The van der Waals surface area contributed by atoms with E-state index in [1.807, 2.05) is 12.3 Å². The Bertz CT molecular complexity index is 2800. The Hall–Kier alpha value is -4.86. The minimum Gasteiger partial charge on any atom is -0.509 e. The van der Waals surface area contributed by atoms with Gasteiger partial charge in [-0.3, -0.25) is 0 Å². The van der Waals surface area contributed by atoms with Gasteiger partial charge in [0.1, 0.15) is 5.82 Å². The van der Waals surface area contributed by atoms with E-state index in [1.54, 1.807) is 0 Å². The Labute approximate surface area is 385 Å². The monoisotopic (exact) mass is 1000 g/mol. The van der Waals surface area contributed by atoms with Crippen LogP contribution in [0.25, 0.3) is 27.6 Å². The van der Waals surface area contributed by atoms with E-state index in [0.717, 1.165) is 50.6 Å². The molecule has 0 radical (unpaired) electrons. The van der Waals surface area contributed by atoms with Crippen LogP contribution < -0.4 is 14.5 Å². The number of benzene rings is 5. The Balaban J connectivity index is 0.00000578. The van der Waals surface area contributed by atoms with Crippen LogP contribution in [0.4, 0.5) is 22.7 Å². The molecule has 3 heterocycles. The summed E-state index contributed by atoms with van der Waals surface area (Å²) in [5.74, 6) is 2.12. The van der Waals surface area contributed by atoms with Crippen LogP contribution in [0.3, 0.4) is 0 Å². The van der Waals surface area contributed by atoms with Crippen LogP contribution in [0, 0.1) is 18.8 Å². The quantitative estimate of drug-likeness (QED) is 0.161. The van der Waals surface area contributed by atoms with E-state index in [1.165, 1.54) is 27.6 Å². The first kappa shape index (κ1) is 45.2. The summed E-state index contributed by atoms with van der Waals surface area (Å²) in [5.41, 5.74) is 12.3. The molecule has 1 aliphatic heterocycles. The third-order valence-electron chi connectivity index (χ3n) is 12.1. The molecule has 0 bridgehead atoms. The largest absolute Gasteiger partial charge is 0.509 e. The summed E-state index contributed by atoms with van der Waals surface area (Å²) in [6.45, 7) is 36.1. The first-order chi connectivity index (χ1) is 28.4. The third kappa shape index (κ3) is 8.72. The van der Waals surface area contributed by atoms with Gasteiger partial charge in [-0.05, 0) is 97.2 Å². The van der Waals surface area contributed by atoms with Crippen molar-refractivity contribution in [3.05, 3.63) is 150 Å². The van der Waals surface area contributed by atoms with Gasteiger partial charge in [0.05, 0.1) is 0 Å². The van der Waals surface area contributed by atoms with Crippen LogP contribution in [0.5, 0.6) is 11.5 Å². The number of hydrogen-bond donors (Lipinski definition) is 0. The van der Waals surface area contributed by atoms with Crippen LogP contribution in [0.2, 0.25) is 0 Å². The van der Waals surface area contributed by atoms with Gasteiger partial charge < -0.3 is 19.1 Å². The number of hydrogen-bond acceptors (Lipinski definition) is 4. The van der Waals surface area contributed by atoms with E-state index in [9.17, 15) is 0 Å². The van der Waals surface area contributed by atoms with Crippen molar-refractivity contribution in [2.75, 3.05) is 9.80 Å². The van der Waals surface area contributed by atoms with Crippen molar-refractivity contribution >= 4 is 44.6 Å². The van der Waals surface area contributed by atoms with Crippen molar-refractivity contribution in [1.82, 2.24) is 9.55 Å². The predicted octanol–water partition coefficient (Wildman–Crippen LogP) is 15.5. The summed E-state index contributed by atoms with van der Waals surface area (Å²) >= 11 is 0. The summed E-state index contributed by atoms with van der Waals surface area (Å²) in [6, 6.07) is 43.0. The molecule has 6 heteroatoms. The zero-order chi connectivity index (χ0) is 44.0. The van der Waals surface area contributed by atoms with Crippen LogP contribution in [0.15, 0.2) is 103 Å². The molecule has 0 aliphatic carbocycles. The molecule has 0 saturated heterocycles. The topological polar surface area (TPSA) is 33.5 Å². The fraction of sp³-hybridized carbons (Fsp3) is 0.357. The minimum absolute atomic E-state index is 0. The van der Waals surface area contributed by atoms with Crippen LogP contribution in [-0.2, 0) is 48.1 Å². The van der Waals surface area contributed by atoms with E-state index >= 15 is 0 Å². The average Bonchev–Trinajstić information content (AvgIpc) is 3.71. The van der Waals surface area contributed by atoms with Crippen LogP contribution in [0.1, 0.15) is 132 Å². The van der Waals surface area contributed by atoms with E-state index < -0.39 is 0 Å². The molecule has 1 aliphatic rings. The molecule has 0 N–H and O–H groups in total. The van der Waals surface area contributed by atoms with Crippen molar-refractivity contribution < 1.29 is 25.8 Å². The molecule has 62 heavy (non-hydrogen) atoms. The van der Waals surface area contributed by atoms with Crippen molar-refractivity contribution in [2.45, 2.75) is 131 Å². The van der Waals surface area contributed by atoms with Gasteiger partial charge in [0.25, 0.3) is 0 Å². The number of ether oxygens (including phenoxy) is 1. The Morgan fingerprint density at radius 2 is 1.11 bits per heavy atom. The normalized spacial score (nSPS) is 13.8. The molecular weight excluding hydrogens is 940 g/mol. The van der Waals surface area contributed by atoms with E-state index in [0.29, 0.717) is 11.5 Å². The first-order valence-corrected chi connectivity index (χ1v) is 21.8. The molecule has 5 nitrogen and oxygen atoms in total. The van der Waals surface area contributed by atoms with Gasteiger partial charge in [-0.1, -0.05) is 140 Å². The SMILES string of the molecule is CC(C)(C)c1cc(Oc2[c-]c3c(cc2)c2cc(C(C)(C)C)ccc2n3-c2cc(C(C)(C)C)ccn2)[c-]c(N2[CH-]N(c3cccc(C(C)(C)C)c3)c3ccc(C(C)(C)C)cc32)c1.[Pt]. The summed E-state index contributed by atoms with van der Waals surface area (Å²) in [4.78, 5) is 9.53. The maximum atomic E-state index is 6.90. The second-order valence-electron chi connectivity index (χ2n) is 22.1. The fourth-order valence-electron chi connectivity index (χ4n) is 8.11. The molecule has 7 aromatic rings. The van der Waals surface area contributed by atoms with Crippen molar-refractivity contribution in [1.29, 1.82) is 0 Å². The maximum absolute atomic E-state index is 6.90. The molecule has 0 amide bonds. The standard InChI is InChI=1S/C56H63N4O.Pt/c1-52(2,3)36-17-16-18-41(27-36)58-35-59(50-31-38(54(7,8)9)20-24-48(50)58)42-28-40(56(13,14)15)29-44(33-42)61-43-21-22-45-46-30-37(53(4,5)6)19-23-47(46)60(49(45)34-43)51-32-39(25-26-57-51)55(10,11)12;/h16-32,35H,1-15H3;/q-3;. The number of rotatable bonds is 5. The molecule has 0 atom stereocenters. The average molecular weight is 1000 g/mol. The predicted molar refractivity (Wildman–Crippen MR) is 258 cm³/mol. The number of pyridine rings is 1. The molecule has 0 unspecified atom stereocenters. The Morgan fingerprint density at radius 1 is 0.500 bits per heavy atom. The number of nitrogens with zero attached hydrogens (tertiary/aromatic N) is 4. The van der Waals surface area contributed by atoms with E-state index in [2.05, 4.69) is 228 Å². The summed E-state index contributed by atoms with van der Waals surface area (Å²) in [6.07, 6.45) is 1.92. The summed E-state index contributed by atoms with van der Waals surface area (Å²) in [5, 5.41) is 2.28. The summed E-state index contributed by atoms with van der Waals surface area (Å²) in [7, 11) is 0. The Morgan fingerprint density at radius 3 is 1.77 bits per heavy atom. The van der Waals surface area contributed by atoms with Gasteiger partial charge >= 0.3 is 0 Å². The molecule has 5 aromatic carbocycles. The smallest absolute Gasteiger partial charge is 0.135 e. The van der Waals surface area contributed by atoms with Gasteiger partial charge in [0.2, 0.25) is 0 Å². The zero-order valence-electron chi connectivity index (χ0n) is 39.4. The second-order valence-corrected chi connectivity index (χ2v) is 22.1. The molecule has 2 aromatic heterocycles. The van der Waals surface area contributed by atoms with Crippen LogP contribution >= 0.6 is 0 Å². The maximum Gasteiger partial charge on any atom is 0.135 e. The van der Waals surface area contributed by atoms with Crippen molar-refractivity contribution in [2.24, 2.45) is 0 Å². The number of anilines is 4. The van der Waals surface area contributed by atoms with Crippen molar-refractivity contribution in [3.8, 4) is 17.3 Å². The molecular formula is C56H63N4OPt-3. The first-order valence-electron chi connectivity index (χ1n) is 21.8. The molecule has 326 valence electrons. The van der Waals surface area contributed by atoms with Gasteiger partial charge in [0, 0.05) is 61.3 Å². The minimum atomic E-state index is -0.160. The van der Waals surface area contributed by atoms with Gasteiger partial charge in [-0.2, -0.15) is 6.07 Å².